The van der Waals surface area contributed by atoms with Gasteiger partial charge >= 0.3 is 0 Å². The molecule has 0 spiro atoms. The molecule has 1 unspecified atom stereocenters. The molecule has 1 N–H and O–H groups in total. The van der Waals surface area contributed by atoms with Gasteiger partial charge in [0.2, 0.25) is 11.8 Å². The molecule has 6 heteroatoms. The molecule has 0 radical (unpaired) electrons. The summed E-state index contributed by atoms with van der Waals surface area (Å²) in [6.07, 6.45) is 5.24. The highest BCUT2D eigenvalue weighted by Gasteiger charge is 2.25. The van der Waals surface area contributed by atoms with Crippen LogP contribution >= 0.6 is 0 Å². The molecular formula is C19H34N4O2. The van der Waals surface area contributed by atoms with E-state index in [1.54, 1.807) is 0 Å². The van der Waals surface area contributed by atoms with Crippen molar-refractivity contribution in [3.63, 3.8) is 0 Å². The molecule has 1 amide bonds. The van der Waals surface area contributed by atoms with Crippen molar-refractivity contribution in [2.75, 3.05) is 19.6 Å². The van der Waals surface area contributed by atoms with E-state index in [0.717, 1.165) is 44.2 Å². The Bertz CT molecular complexity index is 521. The second-order valence-electron chi connectivity index (χ2n) is 7.69. The number of piperidine rings is 1. The number of amides is 1. The second kappa shape index (κ2) is 9.90. The quantitative estimate of drug-likeness (QED) is 0.741. The van der Waals surface area contributed by atoms with E-state index in [1.807, 2.05) is 0 Å². The van der Waals surface area contributed by atoms with Gasteiger partial charge in [-0.25, -0.2) is 0 Å². The third kappa shape index (κ3) is 6.42. The van der Waals surface area contributed by atoms with E-state index in [2.05, 4.69) is 48.1 Å². The summed E-state index contributed by atoms with van der Waals surface area (Å²) in [7, 11) is 0. The lowest BCUT2D eigenvalue weighted by Gasteiger charge is -2.38. The minimum absolute atomic E-state index is 0.0614. The fourth-order valence-electron chi connectivity index (χ4n) is 3.39. The van der Waals surface area contributed by atoms with Gasteiger partial charge in [-0.05, 0) is 44.2 Å². The monoisotopic (exact) mass is 350 g/mol. The van der Waals surface area contributed by atoms with Crippen LogP contribution in [0.4, 0.5) is 0 Å². The van der Waals surface area contributed by atoms with Gasteiger partial charge in [0.1, 0.15) is 0 Å². The maximum absolute atomic E-state index is 12.2. The van der Waals surface area contributed by atoms with E-state index < -0.39 is 0 Å². The maximum atomic E-state index is 12.2. The van der Waals surface area contributed by atoms with Crippen molar-refractivity contribution in [2.24, 2.45) is 11.8 Å². The molecule has 0 aliphatic carbocycles. The fraction of sp³-hybridized carbons (Fsp3) is 0.842. The molecule has 1 aromatic heterocycles. The third-order valence-corrected chi connectivity index (χ3v) is 5.11. The average Bonchev–Trinajstić information content (AvgIpc) is 3.02. The predicted molar refractivity (Wildman–Crippen MR) is 98.2 cm³/mol. The molecule has 0 bridgehead atoms. The first-order valence-corrected chi connectivity index (χ1v) is 9.81. The van der Waals surface area contributed by atoms with E-state index in [9.17, 15) is 4.79 Å². The van der Waals surface area contributed by atoms with Crippen molar-refractivity contribution in [2.45, 2.75) is 72.3 Å². The predicted octanol–water partition coefficient (Wildman–Crippen LogP) is 2.83. The lowest BCUT2D eigenvalue weighted by atomic mass is 9.94. The van der Waals surface area contributed by atoms with Crippen LogP contribution in [0.5, 0.6) is 0 Å². The maximum Gasteiger partial charge on any atom is 0.227 e. The highest BCUT2D eigenvalue weighted by Crippen LogP contribution is 2.21. The summed E-state index contributed by atoms with van der Waals surface area (Å²) in [6, 6.07) is 0.413. The van der Waals surface area contributed by atoms with Gasteiger partial charge in [0.25, 0.3) is 0 Å². The Hall–Kier alpha value is -1.43. The fourth-order valence-corrected chi connectivity index (χ4v) is 3.39. The number of hydrogen-bond donors (Lipinski definition) is 1. The van der Waals surface area contributed by atoms with Crippen LogP contribution in [0.1, 0.15) is 65.1 Å². The van der Waals surface area contributed by atoms with Crippen LogP contribution < -0.4 is 5.32 Å². The smallest absolute Gasteiger partial charge is 0.227 e. The molecule has 1 atom stereocenters. The van der Waals surface area contributed by atoms with Gasteiger partial charge in [-0.1, -0.05) is 32.9 Å². The molecule has 1 aromatic rings. The summed E-state index contributed by atoms with van der Waals surface area (Å²) in [6.45, 7) is 11.9. The molecule has 142 valence electrons. The summed E-state index contributed by atoms with van der Waals surface area (Å²) >= 11 is 0. The van der Waals surface area contributed by atoms with Crippen LogP contribution in [-0.2, 0) is 17.6 Å². The van der Waals surface area contributed by atoms with Gasteiger partial charge in [0, 0.05) is 31.8 Å². The van der Waals surface area contributed by atoms with Gasteiger partial charge in [-0.2, -0.15) is 4.98 Å². The molecule has 1 saturated heterocycles. The summed E-state index contributed by atoms with van der Waals surface area (Å²) in [5.41, 5.74) is 0. The van der Waals surface area contributed by atoms with Gasteiger partial charge in [-0.3, -0.25) is 9.69 Å². The molecule has 0 aromatic carbocycles. The van der Waals surface area contributed by atoms with Crippen LogP contribution in [0.2, 0.25) is 0 Å². The SMILES string of the molecule is CCCc1noc(CCC(=O)NCC(C(C)C)N2CCC(C)CC2)n1. The number of aromatic nitrogens is 2. The largest absolute Gasteiger partial charge is 0.355 e. The van der Waals surface area contributed by atoms with E-state index in [0.29, 0.717) is 30.7 Å². The Morgan fingerprint density at radius 3 is 2.68 bits per heavy atom. The van der Waals surface area contributed by atoms with Crippen LogP contribution in [-0.4, -0.2) is 46.6 Å². The number of aryl methyl sites for hydroxylation is 2. The Labute approximate surface area is 151 Å². The van der Waals surface area contributed by atoms with Crippen LogP contribution in [0.25, 0.3) is 0 Å². The lowest BCUT2D eigenvalue weighted by molar-refractivity contribution is -0.121. The van der Waals surface area contributed by atoms with Crippen molar-refractivity contribution in [1.29, 1.82) is 0 Å². The molecule has 2 heterocycles. The summed E-state index contributed by atoms with van der Waals surface area (Å²) in [5.74, 6) is 2.71. The number of carbonyl (C=O) groups is 1. The normalized spacial score (nSPS) is 17.8. The summed E-state index contributed by atoms with van der Waals surface area (Å²) in [4.78, 5) is 19.0. The topological polar surface area (TPSA) is 71.3 Å². The van der Waals surface area contributed by atoms with Crippen molar-refractivity contribution in [1.82, 2.24) is 20.4 Å². The van der Waals surface area contributed by atoms with Gasteiger partial charge in [0.15, 0.2) is 5.82 Å². The summed E-state index contributed by atoms with van der Waals surface area (Å²) < 4.78 is 5.19. The molecule has 25 heavy (non-hydrogen) atoms. The minimum Gasteiger partial charge on any atom is -0.355 e. The molecule has 0 saturated carbocycles. The van der Waals surface area contributed by atoms with E-state index in [1.165, 1.54) is 12.8 Å². The number of nitrogens with zero attached hydrogens (tertiary/aromatic N) is 3. The first kappa shape index (κ1) is 19.9. The highest BCUT2D eigenvalue weighted by molar-refractivity contribution is 5.76. The van der Waals surface area contributed by atoms with E-state index in [-0.39, 0.29) is 5.91 Å². The zero-order valence-electron chi connectivity index (χ0n) is 16.3. The zero-order chi connectivity index (χ0) is 18.2. The van der Waals surface area contributed by atoms with Crippen LogP contribution in [0, 0.1) is 11.8 Å². The standard InChI is InChI=1S/C19H34N4O2/c1-5-6-17-21-19(25-22-17)8-7-18(24)20-13-16(14(2)3)23-11-9-15(4)10-12-23/h14-16H,5-13H2,1-4H3,(H,20,24). The zero-order valence-corrected chi connectivity index (χ0v) is 16.3. The third-order valence-electron chi connectivity index (χ3n) is 5.11. The lowest BCUT2D eigenvalue weighted by Crippen LogP contribution is -2.49. The average molecular weight is 351 g/mol. The molecule has 1 aliphatic heterocycles. The first-order valence-electron chi connectivity index (χ1n) is 9.81. The second-order valence-corrected chi connectivity index (χ2v) is 7.69. The van der Waals surface area contributed by atoms with Gasteiger partial charge < -0.3 is 9.84 Å². The number of carbonyl (C=O) groups excluding carboxylic acids is 1. The molecule has 1 fully saturated rings. The first-order chi connectivity index (χ1) is 12.0. The van der Waals surface area contributed by atoms with E-state index in [4.69, 9.17) is 4.52 Å². The Morgan fingerprint density at radius 2 is 2.04 bits per heavy atom. The highest BCUT2D eigenvalue weighted by atomic mass is 16.5. The molecular weight excluding hydrogens is 316 g/mol. The van der Waals surface area contributed by atoms with Crippen molar-refractivity contribution in [3.8, 4) is 0 Å². The molecule has 1 aliphatic rings. The molecule has 2 rings (SSSR count). The van der Waals surface area contributed by atoms with Crippen LogP contribution in [0.3, 0.4) is 0 Å². The minimum atomic E-state index is 0.0614. The van der Waals surface area contributed by atoms with Crippen LogP contribution in [0.15, 0.2) is 4.52 Å². The Balaban J connectivity index is 1.74. The Morgan fingerprint density at radius 1 is 1.32 bits per heavy atom. The van der Waals surface area contributed by atoms with Crippen molar-refractivity contribution >= 4 is 5.91 Å². The van der Waals surface area contributed by atoms with E-state index >= 15 is 0 Å². The summed E-state index contributed by atoms with van der Waals surface area (Å²) in [5, 5.41) is 7.03. The van der Waals surface area contributed by atoms with Crippen molar-refractivity contribution < 1.29 is 9.32 Å². The Kier molecular flexibility index (Phi) is 7.88. The number of rotatable bonds is 9. The number of nitrogens with one attached hydrogen (secondary N) is 1. The van der Waals surface area contributed by atoms with Gasteiger partial charge in [0.05, 0.1) is 0 Å². The number of hydrogen-bond acceptors (Lipinski definition) is 5. The van der Waals surface area contributed by atoms with Gasteiger partial charge in [-0.15, -0.1) is 0 Å². The van der Waals surface area contributed by atoms with Crippen molar-refractivity contribution in [3.05, 3.63) is 11.7 Å². The molecule has 6 nitrogen and oxygen atoms in total. The number of likely N-dealkylation sites (tertiary alicyclic amines) is 1.